The molecule has 0 spiro atoms. The van der Waals surface area contributed by atoms with Gasteiger partial charge in [-0.3, -0.25) is 0 Å². The van der Waals surface area contributed by atoms with E-state index < -0.39 is 16.0 Å². The van der Waals surface area contributed by atoms with Crippen LogP contribution in [0, 0.1) is 0 Å². The SMILES string of the molecule is CCN(CC)c1cc(Cl)c(N=Nc2ccc(Cl)cc2C(=O)OC)c(S(=O)(=O)N(C)C)c1. The predicted molar refractivity (Wildman–Crippen MR) is 123 cm³/mol. The summed E-state index contributed by atoms with van der Waals surface area (Å²) < 4.78 is 31.8. The van der Waals surface area contributed by atoms with E-state index in [9.17, 15) is 13.2 Å². The molecular formula is C20H24Cl2N4O4S. The third-order valence-electron chi connectivity index (χ3n) is 4.52. The average molecular weight is 487 g/mol. The third-order valence-corrected chi connectivity index (χ3v) is 6.87. The lowest BCUT2D eigenvalue weighted by atomic mass is 10.2. The van der Waals surface area contributed by atoms with E-state index in [0.29, 0.717) is 23.8 Å². The van der Waals surface area contributed by atoms with E-state index in [1.807, 2.05) is 18.7 Å². The number of benzene rings is 2. The molecule has 2 rings (SSSR count). The van der Waals surface area contributed by atoms with Gasteiger partial charge in [0.15, 0.2) is 0 Å². The number of carbonyl (C=O) groups is 1. The molecule has 0 aliphatic rings. The number of rotatable bonds is 8. The molecule has 0 unspecified atom stereocenters. The fourth-order valence-corrected chi connectivity index (χ4v) is 4.33. The van der Waals surface area contributed by atoms with Crippen molar-refractivity contribution in [2.75, 3.05) is 39.2 Å². The highest BCUT2D eigenvalue weighted by atomic mass is 35.5. The van der Waals surface area contributed by atoms with Crippen molar-refractivity contribution in [2.45, 2.75) is 18.7 Å². The Hall–Kier alpha value is -2.20. The molecule has 0 aliphatic carbocycles. The fourth-order valence-electron chi connectivity index (χ4n) is 2.79. The lowest BCUT2D eigenvalue weighted by Crippen LogP contribution is -2.25. The van der Waals surface area contributed by atoms with E-state index in [1.165, 1.54) is 45.5 Å². The van der Waals surface area contributed by atoms with Crippen LogP contribution in [0.15, 0.2) is 45.5 Å². The Bertz CT molecular complexity index is 1100. The largest absolute Gasteiger partial charge is 0.465 e. The molecule has 0 atom stereocenters. The quantitative estimate of drug-likeness (QED) is 0.373. The first-order valence-electron chi connectivity index (χ1n) is 9.37. The van der Waals surface area contributed by atoms with Gasteiger partial charge in [0.1, 0.15) is 16.3 Å². The number of esters is 1. The maximum absolute atomic E-state index is 13.0. The topological polar surface area (TPSA) is 91.6 Å². The van der Waals surface area contributed by atoms with Gasteiger partial charge in [-0.25, -0.2) is 17.5 Å². The molecule has 0 fully saturated rings. The average Bonchev–Trinajstić information content (AvgIpc) is 2.73. The number of nitrogens with zero attached hydrogens (tertiary/aromatic N) is 4. The maximum atomic E-state index is 13.0. The molecule has 0 heterocycles. The number of sulfonamides is 1. The summed E-state index contributed by atoms with van der Waals surface area (Å²) in [7, 11) is 0.181. The summed E-state index contributed by atoms with van der Waals surface area (Å²) in [4.78, 5) is 13.9. The summed E-state index contributed by atoms with van der Waals surface area (Å²) in [6.07, 6.45) is 0. The van der Waals surface area contributed by atoms with Crippen molar-refractivity contribution in [3.05, 3.63) is 45.9 Å². The summed E-state index contributed by atoms with van der Waals surface area (Å²) in [5, 5.41) is 8.61. The Kier molecular flexibility index (Phi) is 8.41. The molecule has 2 aromatic carbocycles. The van der Waals surface area contributed by atoms with E-state index in [4.69, 9.17) is 27.9 Å². The van der Waals surface area contributed by atoms with Gasteiger partial charge in [-0.2, -0.15) is 0 Å². The van der Waals surface area contributed by atoms with Crippen LogP contribution >= 0.6 is 23.2 Å². The first-order valence-corrected chi connectivity index (χ1v) is 11.6. The zero-order valence-corrected chi connectivity index (χ0v) is 20.2. The van der Waals surface area contributed by atoms with E-state index in [1.54, 1.807) is 6.07 Å². The lowest BCUT2D eigenvalue weighted by molar-refractivity contribution is 0.0601. The number of hydrogen-bond donors (Lipinski definition) is 0. The Labute approximate surface area is 192 Å². The Morgan fingerprint density at radius 1 is 1.06 bits per heavy atom. The second kappa shape index (κ2) is 10.4. The van der Waals surface area contributed by atoms with Crippen LogP contribution in [0.1, 0.15) is 24.2 Å². The first kappa shape index (κ1) is 25.1. The molecule has 0 amide bonds. The van der Waals surface area contributed by atoms with Crippen molar-refractivity contribution in [2.24, 2.45) is 10.2 Å². The van der Waals surface area contributed by atoms with Gasteiger partial charge in [0.25, 0.3) is 0 Å². The molecule has 0 saturated heterocycles. The van der Waals surface area contributed by atoms with Gasteiger partial charge >= 0.3 is 5.97 Å². The molecular weight excluding hydrogens is 463 g/mol. The summed E-state index contributed by atoms with van der Waals surface area (Å²) in [6.45, 7) is 5.25. The number of ether oxygens (including phenoxy) is 1. The van der Waals surface area contributed by atoms with Crippen LogP contribution in [0.4, 0.5) is 17.1 Å². The molecule has 8 nitrogen and oxygen atoms in total. The normalized spacial score (nSPS) is 11.9. The Morgan fingerprint density at radius 3 is 2.26 bits per heavy atom. The van der Waals surface area contributed by atoms with Crippen LogP contribution in [-0.4, -0.2) is 53.0 Å². The highest BCUT2D eigenvalue weighted by Crippen LogP contribution is 2.39. The highest BCUT2D eigenvalue weighted by molar-refractivity contribution is 7.89. The third kappa shape index (κ3) is 5.54. The second-order valence-corrected chi connectivity index (χ2v) is 9.55. The van der Waals surface area contributed by atoms with Gasteiger partial charge in [0.2, 0.25) is 10.0 Å². The van der Waals surface area contributed by atoms with Crippen molar-refractivity contribution in [3.8, 4) is 0 Å². The number of carbonyl (C=O) groups excluding carboxylic acids is 1. The summed E-state index contributed by atoms with van der Waals surface area (Å²) >= 11 is 12.4. The minimum absolute atomic E-state index is 0.0305. The molecule has 0 aromatic heterocycles. The fraction of sp³-hybridized carbons (Fsp3) is 0.350. The molecule has 0 N–H and O–H groups in total. The van der Waals surface area contributed by atoms with Gasteiger partial charge in [-0.1, -0.05) is 23.2 Å². The standard InChI is InChI=1S/C20H24Cl2N4O4S/c1-6-26(7-2)14-11-16(22)19(18(12-14)31(28,29)25(3)4)24-23-17-9-8-13(21)10-15(17)20(27)30-5/h8-12H,6-7H2,1-5H3. The van der Waals surface area contributed by atoms with E-state index >= 15 is 0 Å². The van der Waals surface area contributed by atoms with Crippen molar-refractivity contribution in [1.82, 2.24) is 4.31 Å². The molecule has 0 saturated carbocycles. The van der Waals surface area contributed by atoms with Crippen molar-refractivity contribution in [1.29, 1.82) is 0 Å². The zero-order valence-electron chi connectivity index (χ0n) is 17.9. The van der Waals surface area contributed by atoms with Gasteiger partial charge in [0, 0.05) is 37.9 Å². The minimum atomic E-state index is -3.89. The molecule has 2 aromatic rings. The number of hydrogen-bond acceptors (Lipinski definition) is 7. The molecule has 168 valence electrons. The summed E-state index contributed by atoms with van der Waals surface area (Å²) in [6, 6.07) is 7.57. The zero-order chi connectivity index (χ0) is 23.3. The number of azo groups is 1. The van der Waals surface area contributed by atoms with Crippen LogP contribution in [0.2, 0.25) is 10.0 Å². The number of halogens is 2. The molecule has 0 bridgehead atoms. The van der Waals surface area contributed by atoms with Crippen LogP contribution in [0.3, 0.4) is 0 Å². The van der Waals surface area contributed by atoms with E-state index in [0.717, 1.165) is 4.31 Å². The molecule has 0 radical (unpaired) electrons. The van der Waals surface area contributed by atoms with E-state index in [-0.39, 0.29) is 26.9 Å². The maximum Gasteiger partial charge on any atom is 0.340 e. The monoisotopic (exact) mass is 486 g/mol. The van der Waals surface area contributed by atoms with Crippen molar-refractivity contribution < 1.29 is 17.9 Å². The minimum Gasteiger partial charge on any atom is -0.465 e. The number of anilines is 1. The molecule has 11 heteroatoms. The molecule has 0 aliphatic heterocycles. The smallest absolute Gasteiger partial charge is 0.340 e. The summed E-state index contributed by atoms with van der Waals surface area (Å²) in [5.74, 6) is -0.652. The van der Waals surface area contributed by atoms with Gasteiger partial charge in [-0.15, -0.1) is 10.2 Å². The van der Waals surface area contributed by atoms with Crippen LogP contribution < -0.4 is 4.90 Å². The Morgan fingerprint density at radius 2 is 1.71 bits per heavy atom. The predicted octanol–water partition coefficient (Wildman–Crippen LogP) is 5.29. The van der Waals surface area contributed by atoms with Crippen LogP contribution in [0.25, 0.3) is 0 Å². The first-order chi connectivity index (χ1) is 14.6. The van der Waals surface area contributed by atoms with Crippen molar-refractivity contribution >= 4 is 56.3 Å². The summed E-state index contributed by atoms with van der Waals surface area (Å²) in [5.41, 5.74) is 0.869. The van der Waals surface area contributed by atoms with E-state index in [2.05, 4.69) is 10.2 Å². The van der Waals surface area contributed by atoms with Crippen LogP contribution in [-0.2, 0) is 14.8 Å². The molecule has 31 heavy (non-hydrogen) atoms. The van der Waals surface area contributed by atoms with Gasteiger partial charge in [0.05, 0.1) is 17.7 Å². The Balaban J connectivity index is 2.71. The highest BCUT2D eigenvalue weighted by Gasteiger charge is 2.25. The second-order valence-electron chi connectivity index (χ2n) is 6.59. The van der Waals surface area contributed by atoms with Gasteiger partial charge in [-0.05, 0) is 44.2 Å². The van der Waals surface area contributed by atoms with Gasteiger partial charge < -0.3 is 9.64 Å². The van der Waals surface area contributed by atoms with Crippen LogP contribution in [0.5, 0.6) is 0 Å². The number of methoxy groups -OCH3 is 1. The van der Waals surface area contributed by atoms with Crippen molar-refractivity contribution in [3.63, 3.8) is 0 Å². The lowest BCUT2D eigenvalue weighted by Gasteiger charge is -2.23.